The first-order valence-electron chi connectivity index (χ1n) is 15.6. The van der Waals surface area contributed by atoms with Gasteiger partial charge < -0.3 is 10.2 Å². The summed E-state index contributed by atoms with van der Waals surface area (Å²) >= 11 is 0. The van der Waals surface area contributed by atoms with E-state index >= 15 is 13.2 Å². The molecule has 3 aliphatic heterocycles. The molecule has 1 aromatic carbocycles. The van der Waals surface area contributed by atoms with Gasteiger partial charge in [-0.3, -0.25) is 9.36 Å². The molecule has 0 amide bonds. The van der Waals surface area contributed by atoms with Gasteiger partial charge in [-0.1, -0.05) is 37.5 Å². The lowest BCUT2D eigenvalue weighted by atomic mass is 9.85. The molecule has 2 aromatic heterocycles. The topological polar surface area (TPSA) is 86.8 Å². The first kappa shape index (κ1) is 29.6. The van der Waals surface area contributed by atoms with E-state index in [1.807, 2.05) is 6.92 Å². The number of benzene rings is 1. The number of hydrogen-bond donors (Lipinski definition) is 1. The van der Waals surface area contributed by atoms with E-state index in [0.29, 0.717) is 61.2 Å². The molecule has 1 saturated carbocycles. The summed E-state index contributed by atoms with van der Waals surface area (Å²) in [7, 11) is 0. The van der Waals surface area contributed by atoms with Crippen molar-refractivity contribution in [3.05, 3.63) is 63.5 Å². The maximum absolute atomic E-state index is 15.9. The van der Waals surface area contributed by atoms with Gasteiger partial charge in [0.25, 0.3) is 11.5 Å². The molecular weight excluding hydrogens is 553 g/mol. The summed E-state index contributed by atoms with van der Waals surface area (Å²) in [6.45, 7) is 5.76. The Balaban J connectivity index is 1.45. The van der Waals surface area contributed by atoms with E-state index in [1.54, 1.807) is 17.6 Å². The molecule has 43 heavy (non-hydrogen) atoms. The fraction of sp³-hybridized carbons (Fsp3) is 0.576. The van der Waals surface area contributed by atoms with Crippen molar-refractivity contribution in [2.45, 2.75) is 95.1 Å². The summed E-state index contributed by atoms with van der Waals surface area (Å²) in [6.07, 6.45) is 7.94. The highest BCUT2D eigenvalue weighted by Crippen LogP contribution is 2.47. The summed E-state index contributed by atoms with van der Waals surface area (Å²) in [5.74, 6) is -4.75. The van der Waals surface area contributed by atoms with Gasteiger partial charge in [0, 0.05) is 23.1 Å². The Bertz CT molecular complexity index is 1600. The number of rotatable bonds is 1. The zero-order valence-corrected chi connectivity index (χ0v) is 24.9. The number of nitriles is 1. The Labute approximate surface area is 250 Å². The molecule has 0 radical (unpaired) electrons. The number of alkyl halides is 2. The Hall–Kier alpha value is -3.45. The number of aromatic nitrogens is 3. The third-order valence-electron chi connectivity index (χ3n) is 9.90. The van der Waals surface area contributed by atoms with Gasteiger partial charge >= 0.3 is 0 Å². The van der Waals surface area contributed by atoms with Crippen molar-refractivity contribution < 1.29 is 13.2 Å². The van der Waals surface area contributed by atoms with E-state index in [0.717, 1.165) is 38.6 Å². The van der Waals surface area contributed by atoms with Gasteiger partial charge in [-0.25, -0.2) is 23.1 Å². The summed E-state index contributed by atoms with van der Waals surface area (Å²) < 4.78 is 49.3. The van der Waals surface area contributed by atoms with Crippen LogP contribution in [0.5, 0.6) is 0 Å². The van der Waals surface area contributed by atoms with Gasteiger partial charge in [-0.05, 0) is 78.1 Å². The number of halogens is 3. The van der Waals surface area contributed by atoms with Crippen molar-refractivity contribution in [3.8, 4) is 6.07 Å². The number of anilines is 1. The van der Waals surface area contributed by atoms with E-state index in [-0.39, 0.29) is 17.2 Å². The van der Waals surface area contributed by atoms with Gasteiger partial charge in [0.05, 0.1) is 28.5 Å². The van der Waals surface area contributed by atoms with Crippen LogP contribution in [0.3, 0.4) is 0 Å². The maximum Gasteiger partial charge on any atom is 0.278 e. The van der Waals surface area contributed by atoms with Crippen LogP contribution in [0.2, 0.25) is 0 Å². The zero-order valence-electron chi connectivity index (χ0n) is 24.9. The fourth-order valence-electron chi connectivity index (χ4n) is 7.00. The van der Waals surface area contributed by atoms with Crippen molar-refractivity contribution in [1.82, 2.24) is 19.4 Å². The molecule has 228 valence electrons. The van der Waals surface area contributed by atoms with E-state index in [1.165, 1.54) is 24.5 Å². The average Bonchev–Trinajstić information content (AvgIpc) is 3.79. The third kappa shape index (κ3) is 5.41. The van der Waals surface area contributed by atoms with Crippen LogP contribution in [-0.4, -0.2) is 39.1 Å². The van der Waals surface area contributed by atoms with Crippen LogP contribution in [0.25, 0.3) is 11.0 Å². The summed E-state index contributed by atoms with van der Waals surface area (Å²) in [5.41, 5.74) is -0.626. The molecule has 1 aliphatic carbocycles. The van der Waals surface area contributed by atoms with Crippen LogP contribution in [0.1, 0.15) is 100 Å². The molecule has 7 nitrogen and oxygen atoms in total. The van der Waals surface area contributed by atoms with Crippen LogP contribution in [0.4, 0.5) is 19.0 Å². The summed E-state index contributed by atoms with van der Waals surface area (Å²) in [4.78, 5) is 25.1. The fourth-order valence-corrected chi connectivity index (χ4v) is 7.00. The predicted octanol–water partition coefficient (Wildman–Crippen LogP) is 6.99. The van der Waals surface area contributed by atoms with Gasteiger partial charge in [0.2, 0.25) is 0 Å². The van der Waals surface area contributed by atoms with Crippen LogP contribution in [0.15, 0.2) is 35.4 Å². The van der Waals surface area contributed by atoms with Crippen LogP contribution in [-0.2, 0) is 11.3 Å². The maximum atomic E-state index is 15.9. The second kappa shape index (κ2) is 11.6. The molecule has 5 heterocycles. The van der Waals surface area contributed by atoms with Crippen molar-refractivity contribution in [3.63, 3.8) is 0 Å². The first-order valence-corrected chi connectivity index (χ1v) is 15.6. The second-order valence-corrected chi connectivity index (χ2v) is 12.8. The third-order valence-corrected chi connectivity index (χ3v) is 9.90. The van der Waals surface area contributed by atoms with Crippen molar-refractivity contribution in [2.75, 3.05) is 25.0 Å². The van der Waals surface area contributed by atoms with E-state index in [4.69, 9.17) is 0 Å². The molecule has 1 N–H and O–H groups in total. The predicted molar refractivity (Wildman–Crippen MR) is 160 cm³/mol. The monoisotopic (exact) mass is 592 g/mol. The smallest absolute Gasteiger partial charge is 0.278 e. The number of hydrogen-bond acceptors (Lipinski definition) is 6. The molecule has 2 atom stereocenters. The minimum absolute atomic E-state index is 0.116. The van der Waals surface area contributed by atoms with Crippen LogP contribution >= 0.6 is 0 Å². The highest BCUT2D eigenvalue weighted by molar-refractivity contribution is 5.87. The van der Waals surface area contributed by atoms with Crippen LogP contribution in [0, 0.1) is 23.1 Å². The van der Waals surface area contributed by atoms with Crippen molar-refractivity contribution >= 4 is 16.9 Å². The van der Waals surface area contributed by atoms with Crippen molar-refractivity contribution in [1.29, 1.82) is 5.26 Å². The van der Waals surface area contributed by atoms with Gasteiger partial charge in [0.15, 0.2) is 0 Å². The molecule has 8 bridgehead atoms. The number of nitrogens with zero attached hydrogens (tertiary/aromatic N) is 5. The molecule has 4 aliphatic rings. The highest BCUT2D eigenvalue weighted by atomic mass is 19.3. The van der Waals surface area contributed by atoms with E-state index in [9.17, 15) is 10.1 Å². The quantitative estimate of drug-likeness (QED) is 0.328. The Morgan fingerprint density at radius 1 is 1.00 bits per heavy atom. The number of pyridine rings is 1. The Morgan fingerprint density at radius 2 is 1.74 bits per heavy atom. The molecule has 7 rings (SSSR count). The van der Waals surface area contributed by atoms with Gasteiger partial charge in [-0.2, -0.15) is 5.26 Å². The lowest BCUT2D eigenvalue weighted by Crippen LogP contribution is -2.40. The van der Waals surface area contributed by atoms with Gasteiger partial charge in [0.1, 0.15) is 23.6 Å². The summed E-state index contributed by atoms with van der Waals surface area (Å²) in [6, 6.07) is 7.40. The van der Waals surface area contributed by atoms with E-state index in [2.05, 4.69) is 26.3 Å². The minimum Gasteiger partial charge on any atom is -0.363 e. The largest absolute Gasteiger partial charge is 0.363 e. The van der Waals surface area contributed by atoms with Crippen LogP contribution < -0.4 is 10.9 Å². The Kier molecular flexibility index (Phi) is 7.97. The first-order chi connectivity index (χ1) is 20.7. The summed E-state index contributed by atoms with van der Waals surface area (Å²) in [5, 5.41) is 13.8. The minimum atomic E-state index is -3.29. The van der Waals surface area contributed by atoms with Gasteiger partial charge in [-0.15, -0.1) is 0 Å². The van der Waals surface area contributed by atoms with E-state index < -0.39 is 34.7 Å². The van der Waals surface area contributed by atoms with Crippen molar-refractivity contribution in [2.24, 2.45) is 5.92 Å². The SMILES string of the molecule is CC1CCCCCCN2CCC(CC2)C(F)(F)c2cccc(c2F)[C@@H](C)Nc2ncnc3c2cc(C2(C#N)CC2)c(=O)n31. The lowest BCUT2D eigenvalue weighted by molar-refractivity contribution is -0.0880. The number of piperidine rings is 1. The number of fused-ring (bicyclic) bond motifs is 9. The molecule has 10 heteroatoms. The molecule has 1 unspecified atom stereocenters. The number of nitrogens with one attached hydrogen (secondary N) is 1. The zero-order chi connectivity index (χ0) is 30.4. The molecule has 3 aromatic rings. The molecule has 0 spiro atoms. The lowest BCUT2D eigenvalue weighted by Gasteiger charge is -2.36. The molecule has 1 saturated heterocycles. The highest BCUT2D eigenvalue weighted by Gasteiger charge is 2.48. The Morgan fingerprint density at radius 3 is 2.47 bits per heavy atom. The second-order valence-electron chi connectivity index (χ2n) is 12.8. The average molecular weight is 593 g/mol. The standard InChI is InChI=1S/C33H39F3N6O/c1-21-8-5-3-4-6-15-41-16-11-23(12-17-41)33(35,36)26-10-7-9-24(28(26)34)22(2)40-29-25-18-27(32(19-37)13-14-32)31(43)42(21)30(25)39-20-38-29/h7,9-10,18,20-23H,3-6,8,11-17H2,1-2H3,(H,38,39,40)/t21?,22-/m1/s1. The molecular formula is C33H39F3N6O. The normalized spacial score (nSPS) is 27.2. The molecule has 2 fully saturated rings.